The maximum atomic E-state index is 8.62. The van der Waals surface area contributed by atoms with Crippen molar-refractivity contribution in [2.75, 3.05) is 17.7 Å². The predicted octanol–water partition coefficient (Wildman–Crippen LogP) is 1.11. The van der Waals surface area contributed by atoms with Crippen LogP contribution in [-0.2, 0) is 0 Å². The minimum atomic E-state index is 0.114. The van der Waals surface area contributed by atoms with Gasteiger partial charge in [0.2, 0.25) is 0 Å². The van der Waals surface area contributed by atoms with E-state index in [9.17, 15) is 0 Å². The zero-order valence-corrected chi connectivity index (χ0v) is 9.23. The van der Waals surface area contributed by atoms with E-state index in [4.69, 9.17) is 11.0 Å². The zero-order valence-electron chi connectivity index (χ0n) is 9.23. The molecule has 1 aromatic rings. The summed E-state index contributed by atoms with van der Waals surface area (Å²) in [6.45, 7) is 3.85. The molecule has 80 valence electrons. The van der Waals surface area contributed by atoms with Crippen LogP contribution in [0.15, 0.2) is 6.33 Å². The van der Waals surface area contributed by atoms with Crippen LogP contribution < -0.4 is 10.6 Å². The van der Waals surface area contributed by atoms with Crippen LogP contribution in [-0.4, -0.2) is 23.1 Å². The Morgan fingerprint density at radius 1 is 1.60 bits per heavy atom. The first kappa shape index (κ1) is 11.2. The highest BCUT2D eigenvalue weighted by Gasteiger charge is 2.14. The molecule has 1 unspecified atom stereocenters. The van der Waals surface area contributed by atoms with Gasteiger partial charge in [0, 0.05) is 18.7 Å². The molecule has 1 rings (SSSR count). The van der Waals surface area contributed by atoms with Gasteiger partial charge in [-0.25, -0.2) is 9.97 Å². The van der Waals surface area contributed by atoms with E-state index in [-0.39, 0.29) is 6.04 Å². The summed E-state index contributed by atoms with van der Waals surface area (Å²) < 4.78 is 0. The lowest BCUT2D eigenvalue weighted by molar-refractivity contribution is 0.691. The van der Waals surface area contributed by atoms with Gasteiger partial charge in [-0.1, -0.05) is 0 Å². The van der Waals surface area contributed by atoms with Gasteiger partial charge >= 0.3 is 0 Å². The predicted molar refractivity (Wildman–Crippen MR) is 59.3 cm³/mol. The topological polar surface area (TPSA) is 78.8 Å². The number of nitriles is 1. The molecule has 1 atom stereocenters. The van der Waals surface area contributed by atoms with E-state index in [1.807, 2.05) is 25.8 Å². The number of rotatable bonds is 3. The van der Waals surface area contributed by atoms with Gasteiger partial charge in [0.05, 0.1) is 12.5 Å². The zero-order chi connectivity index (χ0) is 11.4. The Balaban J connectivity index is 2.96. The smallest absolute Gasteiger partial charge is 0.137 e. The van der Waals surface area contributed by atoms with Gasteiger partial charge in [-0.3, -0.25) is 0 Å². The lowest BCUT2D eigenvalue weighted by Crippen LogP contribution is -2.30. The summed E-state index contributed by atoms with van der Waals surface area (Å²) in [5, 5.41) is 8.62. The SMILES string of the molecule is Cc1c(N)ncnc1N(C)C(C)CC#N. The summed E-state index contributed by atoms with van der Waals surface area (Å²) in [5.41, 5.74) is 6.54. The fourth-order valence-corrected chi connectivity index (χ4v) is 1.29. The number of aromatic nitrogens is 2. The lowest BCUT2D eigenvalue weighted by atomic mass is 10.2. The molecule has 0 aliphatic heterocycles. The van der Waals surface area contributed by atoms with E-state index >= 15 is 0 Å². The van der Waals surface area contributed by atoms with Crippen molar-refractivity contribution < 1.29 is 0 Å². The quantitative estimate of drug-likeness (QED) is 0.799. The monoisotopic (exact) mass is 205 g/mol. The standard InChI is InChI=1S/C10H15N5/c1-7(4-5-11)15(3)10-8(2)9(12)13-6-14-10/h6-7H,4H2,1-3H3,(H2,12,13,14). The van der Waals surface area contributed by atoms with E-state index < -0.39 is 0 Å². The fourth-order valence-electron chi connectivity index (χ4n) is 1.29. The minimum Gasteiger partial charge on any atom is -0.383 e. The summed E-state index contributed by atoms with van der Waals surface area (Å²) in [7, 11) is 1.90. The second-order valence-electron chi connectivity index (χ2n) is 3.53. The van der Waals surface area contributed by atoms with E-state index in [1.54, 1.807) is 0 Å². The molecule has 0 saturated heterocycles. The molecule has 0 fully saturated rings. The van der Waals surface area contributed by atoms with Gasteiger partial charge in [0.25, 0.3) is 0 Å². The third kappa shape index (κ3) is 2.34. The Bertz CT molecular complexity index is 382. The van der Waals surface area contributed by atoms with Gasteiger partial charge in [-0.15, -0.1) is 0 Å². The average Bonchev–Trinajstić information content (AvgIpc) is 2.21. The van der Waals surface area contributed by atoms with Gasteiger partial charge in [0.15, 0.2) is 0 Å². The van der Waals surface area contributed by atoms with Gasteiger partial charge in [0.1, 0.15) is 18.0 Å². The first-order chi connectivity index (χ1) is 7.07. The average molecular weight is 205 g/mol. The van der Waals surface area contributed by atoms with Crippen molar-refractivity contribution >= 4 is 11.6 Å². The molecule has 0 bridgehead atoms. The summed E-state index contributed by atoms with van der Waals surface area (Å²) in [5.74, 6) is 1.27. The van der Waals surface area contributed by atoms with E-state index in [1.165, 1.54) is 6.33 Å². The van der Waals surface area contributed by atoms with Crippen molar-refractivity contribution in [3.05, 3.63) is 11.9 Å². The molecule has 0 amide bonds. The van der Waals surface area contributed by atoms with Gasteiger partial charge < -0.3 is 10.6 Å². The van der Waals surface area contributed by atoms with Crippen LogP contribution in [0.4, 0.5) is 11.6 Å². The van der Waals surface area contributed by atoms with Crippen LogP contribution in [0, 0.1) is 18.3 Å². The molecular weight excluding hydrogens is 190 g/mol. The summed E-state index contributed by atoms with van der Waals surface area (Å²) in [6, 6.07) is 2.25. The van der Waals surface area contributed by atoms with Crippen molar-refractivity contribution in [1.29, 1.82) is 5.26 Å². The molecule has 5 heteroatoms. The van der Waals surface area contributed by atoms with Crippen molar-refractivity contribution in [3.63, 3.8) is 0 Å². The summed E-state index contributed by atoms with van der Waals surface area (Å²) in [4.78, 5) is 10.0. The maximum Gasteiger partial charge on any atom is 0.137 e. The molecule has 0 aromatic carbocycles. The highest BCUT2D eigenvalue weighted by atomic mass is 15.2. The molecule has 0 radical (unpaired) electrons. The highest BCUT2D eigenvalue weighted by molar-refractivity contribution is 5.55. The Hall–Kier alpha value is -1.83. The van der Waals surface area contributed by atoms with Crippen LogP contribution in [0.3, 0.4) is 0 Å². The lowest BCUT2D eigenvalue weighted by Gasteiger charge is -2.25. The van der Waals surface area contributed by atoms with Crippen LogP contribution in [0.25, 0.3) is 0 Å². The summed E-state index contributed by atoms with van der Waals surface area (Å²) >= 11 is 0. The number of hydrogen-bond acceptors (Lipinski definition) is 5. The first-order valence-electron chi connectivity index (χ1n) is 4.74. The van der Waals surface area contributed by atoms with E-state index in [0.29, 0.717) is 12.2 Å². The molecule has 15 heavy (non-hydrogen) atoms. The Labute approximate surface area is 89.6 Å². The van der Waals surface area contributed by atoms with Crippen LogP contribution in [0.1, 0.15) is 18.9 Å². The minimum absolute atomic E-state index is 0.114. The van der Waals surface area contributed by atoms with Crippen molar-refractivity contribution in [2.45, 2.75) is 26.3 Å². The van der Waals surface area contributed by atoms with Crippen molar-refractivity contribution in [3.8, 4) is 6.07 Å². The molecule has 0 saturated carbocycles. The van der Waals surface area contributed by atoms with E-state index in [0.717, 1.165) is 11.4 Å². The third-order valence-corrected chi connectivity index (χ3v) is 2.48. The molecule has 1 heterocycles. The molecule has 0 aliphatic carbocycles. The van der Waals surface area contributed by atoms with E-state index in [2.05, 4.69) is 16.0 Å². The first-order valence-corrected chi connectivity index (χ1v) is 4.74. The number of nitrogen functional groups attached to an aromatic ring is 1. The number of nitrogens with two attached hydrogens (primary N) is 1. The molecular formula is C10H15N5. The third-order valence-electron chi connectivity index (χ3n) is 2.48. The maximum absolute atomic E-state index is 8.62. The molecule has 5 nitrogen and oxygen atoms in total. The number of nitrogens with zero attached hydrogens (tertiary/aromatic N) is 4. The van der Waals surface area contributed by atoms with Gasteiger partial charge in [-0.05, 0) is 13.8 Å². The second-order valence-corrected chi connectivity index (χ2v) is 3.53. The number of hydrogen-bond donors (Lipinski definition) is 1. The summed E-state index contributed by atoms with van der Waals surface area (Å²) in [6.07, 6.45) is 1.90. The Morgan fingerprint density at radius 3 is 2.87 bits per heavy atom. The largest absolute Gasteiger partial charge is 0.383 e. The second kappa shape index (κ2) is 4.60. The molecule has 1 aromatic heterocycles. The molecule has 0 spiro atoms. The van der Waals surface area contributed by atoms with Gasteiger partial charge in [-0.2, -0.15) is 5.26 Å². The normalized spacial score (nSPS) is 11.9. The van der Waals surface area contributed by atoms with Crippen molar-refractivity contribution in [2.24, 2.45) is 0 Å². The van der Waals surface area contributed by atoms with Crippen molar-refractivity contribution in [1.82, 2.24) is 9.97 Å². The molecule has 2 N–H and O–H groups in total. The van der Waals surface area contributed by atoms with Crippen LogP contribution in [0.5, 0.6) is 0 Å². The van der Waals surface area contributed by atoms with Crippen LogP contribution >= 0.6 is 0 Å². The number of anilines is 2. The van der Waals surface area contributed by atoms with Crippen LogP contribution in [0.2, 0.25) is 0 Å². The Morgan fingerprint density at radius 2 is 2.27 bits per heavy atom. The Kier molecular flexibility index (Phi) is 3.45. The molecule has 0 aliphatic rings. The highest BCUT2D eigenvalue weighted by Crippen LogP contribution is 2.21. The fraction of sp³-hybridized carbons (Fsp3) is 0.500.